The molecule has 0 aliphatic heterocycles. The molecule has 0 bridgehead atoms. The fraction of sp³-hybridized carbons (Fsp3) is 0.333. The monoisotopic (exact) mass is 445 g/mol. The zero-order valence-corrected chi connectivity index (χ0v) is 21.1. The van der Waals surface area contributed by atoms with Crippen LogP contribution in [0.25, 0.3) is 17.2 Å². The molecule has 0 aliphatic rings. The van der Waals surface area contributed by atoms with Gasteiger partial charge in [-0.1, -0.05) is 82.3 Å². The zero-order valence-electron chi connectivity index (χ0n) is 20.4. The van der Waals surface area contributed by atoms with E-state index in [1.807, 2.05) is 6.08 Å². The number of rotatable bonds is 8. The third kappa shape index (κ3) is 5.10. The second kappa shape index (κ2) is 9.96. The summed E-state index contributed by atoms with van der Waals surface area (Å²) in [6, 6.07) is 21.6. The summed E-state index contributed by atoms with van der Waals surface area (Å²) in [6.45, 7) is 18.5. The summed E-state index contributed by atoms with van der Waals surface area (Å²) in [6.07, 6.45) is 3.01. The van der Waals surface area contributed by atoms with Crippen molar-refractivity contribution in [2.75, 3.05) is 11.4 Å². The molecule has 3 rings (SSSR count). The van der Waals surface area contributed by atoms with Crippen molar-refractivity contribution in [3.8, 4) is 11.1 Å². The third-order valence-electron chi connectivity index (χ3n) is 6.22. The van der Waals surface area contributed by atoms with E-state index < -0.39 is 0 Å². The Bertz CT molecular complexity index is 1080. The van der Waals surface area contributed by atoms with Crippen LogP contribution in [0.4, 0.5) is 11.4 Å². The smallest absolute Gasteiger partial charge is 0.0505 e. The van der Waals surface area contributed by atoms with Crippen molar-refractivity contribution in [2.24, 2.45) is 5.92 Å². The van der Waals surface area contributed by atoms with Crippen molar-refractivity contribution in [2.45, 2.75) is 53.4 Å². The zero-order chi connectivity index (χ0) is 23.5. The summed E-state index contributed by atoms with van der Waals surface area (Å²) >= 11 is 6.96. The molecule has 0 heterocycles. The average molecular weight is 446 g/mol. The van der Waals surface area contributed by atoms with Crippen LogP contribution in [0.3, 0.4) is 0 Å². The molecule has 0 spiro atoms. The summed E-state index contributed by atoms with van der Waals surface area (Å²) in [5, 5.41) is 0.775. The van der Waals surface area contributed by atoms with Crippen molar-refractivity contribution < 1.29 is 0 Å². The number of anilines is 2. The predicted molar refractivity (Wildman–Crippen MR) is 143 cm³/mol. The lowest BCUT2D eigenvalue weighted by Gasteiger charge is -2.35. The molecular weight excluding hydrogens is 410 g/mol. The van der Waals surface area contributed by atoms with E-state index in [2.05, 4.69) is 114 Å². The van der Waals surface area contributed by atoms with Gasteiger partial charge in [0.2, 0.25) is 0 Å². The maximum atomic E-state index is 6.96. The van der Waals surface area contributed by atoms with E-state index in [0.717, 1.165) is 34.7 Å². The van der Waals surface area contributed by atoms with E-state index in [-0.39, 0.29) is 5.41 Å². The molecule has 32 heavy (non-hydrogen) atoms. The molecule has 0 fully saturated rings. The van der Waals surface area contributed by atoms with Crippen LogP contribution in [0.1, 0.15) is 57.7 Å². The number of hydrogen-bond acceptors (Lipinski definition) is 1. The summed E-state index contributed by atoms with van der Waals surface area (Å²) in [5.74, 6) is 0.593. The van der Waals surface area contributed by atoms with Gasteiger partial charge < -0.3 is 4.90 Å². The van der Waals surface area contributed by atoms with E-state index in [4.69, 9.17) is 11.6 Å². The van der Waals surface area contributed by atoms with Gasteiger partial charge in [-0.3, -0.25) is 0 Å². The topological polar surface area (TPSA) is 3.24 Å². The van der Waals surface area contributed by atoms with Crippen LogP contribution in [-0.4, -0.2) is 6.54 Å². The molecule has 0 N–H and O–H groups in total. The standard InChI is InChI=1S/C30H36ClN/c1-8-23-17-24(16-15-22(23)5)26-18-27(30(6,7)20-21(3)4)29(19-28(26)31)32(9-2)25-13-11-10-12-14-25/h8,10-19,21H,1,9,20H2,2-7H3. The van der Waals surface area contributed by atoms with Crippen molar-refractivity contribution in [1.82, 2.24) is 0 Å². The minimum Gasteiger partial charge on any atom is -0.341 e. The summed E-state index contributed by atoms with van der Waals surface area (Å²) in [5.41, 5.74) is 8.27. The van der Waals surface area contributed by atoms with E-state index in [1.54, 1.807) is 0 Å². The Kier molecular flexibility index (Phi) is 7.51. The molecule has 0 aliphatic carbocycles. The molecule has 1 nitrogen and oxygen atoms in total. The van der Waals surface area contributed by atoms with Crippen LogP contribution in [0.15, 0.2) is 67.2 Å². The summed E-state index contributed by atoms with van der Waals surface area (Å²) in [7, 11) is 0. The van der Waals surface area contributed by atoms with Gasteiger partial charge in [-0.2, -0.15) is 0 Å². The largest absolute Gasteiger partial charge is 0.341 e. The molecule has 0 aromatic heterocycles. The van der Waals surface area contributed by atoms with Crippen LogP contribution >= 0.6 is 11.6 Å². The lowest BCUT2D eigenvalue weighted by molar-refractivity contribution is 0.400. The first-order valence-corrected chi connectivity index (χ1v) is 12.0. The number of aryl methyl sites for hydroxylation is 1. The first kappa shape index (κ1) is 24.1. The first-order chi connectivity index (χ1) is 15.2. The highest BCUT2D eigenvalue weighted by Gasteiger charge is 2.28. The SMILES string of the molecule is C=Cc1cc(-c2cc(C(C)(C)CC(C)C)c(N(CC)c3ccccc3)cc2Cl)ccc1C. The Morgan fingerprint density at radius 1 is 1.03 bits per heavy atom. The maximum Gasteiger partial charge on any atom is 0.0505 e. The fourth-order valence-corrected chi connectivity index (χ4v) is 5.07. The minimum absolute atomic E-state index is 0.00297. The Hall–Kier alpha value is -2.51. The molecule has 0 atom stereocenters. The molecule has 0 saturated heterocycles. The molecule has 168 valence electrons. The van der Waals surface area contributed by atoms with Crippen molar-refractivity contribution in [3.63, 3.8) is 0 Å². The molecule has 3 aromatic carbocycles. The van der Waals surface area contributed by atoms with Gasteiger partial charge in [-0.15, -0.1) is 0 Å². The van der Waals surface area contributed by atoms with Gasteiger partial charge in [0.25, 0.3) is 0 Å². The minimum atomic E-state index is -0.00297. The van der Waals surface area contributed by atoms with Crippen LogP contribution in [-0.2, 0) is 5.41 Å². The van der Waals surface area contributed by atoms with Gasteiger partial charge in [0.05, 0.1) is 5.02 Å². The Morgan fingerprint density at radius 3 is 2.31 bits per heavy atom. The second-order valence-electron chi connectivity index (χ2n) is 9.69. The van der Waals surface area contributed by atoms with Crippen LogP contribution in [0.5, 0.6) is 0 Å². The van der Waals surface area contributed by atoms with Crippen LogP contribution < -0.4 is 4.90 Å². The van der Waals surface area contributed by atoms with Gasteiger partial charge in [0, 0.05) is 23.5 Å². The van der Waals surface area contributed by atoms with Gasteiger partial charge in [0.1, 0.15) is 0 Å². The molecule has 2 heteroatoms. The van der Waals surface area contributed by atoms with E-state index in [1.165, 1.54) is 22.5 Å². The Labute approximate surface area is 199 Å². The Morgan fingerprint density at radius 2 is 1.72 bits per heavy atom. The molecular formula is C30H36ClN. The molecule has 0 amide bonds. The third-order valence-corrected chi connectivity index (χ3v) is 6.53. The molecule has 3 aromatic rings. The number of hydrogen-bond donors (Lipinski definition) is 0. The Balaban J connectivity index is 2.26. The number of para-hydroxylation sites is 1. The van der Waals surface area contributed by atoms with Crippen molar-refractivity contribution >= 4 is 29.1 Å². The van der Waals surface area contributed by atoms with Crippen LogP contribution in [0.2, 0.25) is 5.02 Å². The summed E-state index contributed by atoms with van der Waals surface area (Å²) in [4.78, 5) is 2.37. The van der Waals surface area contributed by atoms with E-state index >= 15 is 0 Å². The van der Waals surface area contributed by atoms with Crippen molar-refractivity contribution in [1.29, 1.82) is 0 Å². The number of nitrogens with zero attached hydrogens (tertiary/aromatic N) is 1. The number of halogens is 1. The molecule has 0 radical (unpaired) electrons. The van der Waals surface area contributed by atoms with Gasteiger partial charge in [-0.25, -0.2) is 0 Å². The summed E-state index contributed by atoms with van der Waals surface area (Å²) < 4.78 is 0. The average Bonchev–Trinajstić information content (AvgIpc) is 2.74. The van der Waals surface area contributed by atoms with Gasteiger partial charge >= 0.3 is 0 Å². The molecule has 0 unspecified atom stereocenters. The number of benzene rings is 3. The van der Waals surface area contributed by atoms with Gasteiger partial charge in [-0.05, 0) is 84.2 Å². The predicted octanol–water partition coefficient (Wildman–Crippen LogP) is 9.44. The first-order valence-electron chi connectivity index (χ1n) is 11.6. The lowest BCUT2D eigenvalue weighted by Crippen LogP contribution is -2.26. The highest BCUT2D eigenvalue weighted by Crippen LogP contribution is 2.44. The van der Waals surface area contributed by atoms with Crippen molar-refractivity contribution in [3.05, 3.63) is 89.0 Å². The quantitative estimate of drug-likeness (QED) is 0.333. The lowest BCUT2D eigenvalue weighted by atomic mass is 9.76. The van der Waals surface area contributed by atoms with E-state index in [0.29, 0.717) is 5.92 Å². The van der Waals surface area contributed by atoms with E-state index in [9.17, 15) is 0 Å². The second-order valence-corrected chi connectivity index (χ2v) is 10.1. The van der Waals surface area contributed by atoms with Crippen LogP contribution in [0, 0.1) is 12.8 Å². The molecule has 0 saturated carbocycles. The maximum absolute atomic E-state index is 6.96. The highest BCUT2D eigenvalue weighted by molar-refractivity contribution is 6.33. The highest BCUT2D eigenvalue weighted by atomic mass is 35.5. The van der Waals surface area contributed by atoms with Gasteiger partial charge in [0.15, 0.2) is 0 Å². The fourth-order valence-electron chi connectivity index (χ4n) is 4.81. The normalized spacial score (nSPS) is 11.6.